The Kier molecular flexibility index (Phi) is 5.26. The van der Waals surface area contributed by atoms with Gasteiger partial charge in [0.25, 0.3) is 10.1 Å². The van der Waals surface area contributed by atoms with Gasteiger partial charge in [-0.2, -0.15) is 8.42 Å². The summed E-state index contributed by atoms with van der Waals surface area (Å²) in [5, 5.41) is 3.64. The first-order valence-corrected chi connectivity index (χ1v) is 11.4. The maximum Gasteiger partial charge on any atom is 0.295 e. The fraction of sp³-hybridized carbons (Fsp3) is 0.200. The highest BCUT2D eigenvalue weighted by molar-refractivity contribution is 7.86. The van der Waals surface area contributed by atoms with E-state index in [2.05, 4.69) is 25.1 Å². The van der Waals surface area contributed by atoms with E-state index in [4.69, 9.17) is 4.74 Å². The van der Waals surface area contributed by atoms with Crippen LogP contribution in [0.4, 0.5) is 0 Å². The van der Waals surface area contributed by atoms with Crippen molar-refractivity contribution in [1.29, 1.82) is 0 Å². The predicted molar refractivity (Wildman–Crippen MR) is 121 cm³/mol. The van der Waals surface area contributed by atoms with Crippen LogP contribution in [-0.2, 0) is 16.5 Å². The number of hydrogen-bond acceptors (Lipinski definition) is 3. The number of rotatable bonds is 5. The lowest BCUT2D eigenvalue weighted by Crippen LogP contribution is -2.02. The van der Waals surface area contributed by atoms with Crippen LogP contribution in [0.3, 0.4) is 0 Å². The number of aryl methyl sites for hydroxylation is 2. The molecule has 0 aliphatic carbocycles. The van der Waals surface area contributed by atoms with Crippen LogP contribution in [0.15, 0.2) is 65.6 Å². The quantitative estimate of drug-likeness (QED) is 0.412. The molecule has 30 heavy (non-hydrogen) atoms. The van der Waals surface area contributed by atoms with E-state index in [1.54, 1.807) is 12.1 Å². The van der Waals surface area contributed by atoms with Gasteiger partial charge in [0.05, 0.1) is 6.61 Å². The maximum atomic E-state index is 11.9. The third-order valence-corrected chi connectivity index (χ3v) is 6.47. The molecule has 4 nitrogen and oxygen atoms in total. The summed E-state index contributed by atoms with van der Waals surface area (Å²) < 4.78 is 39.3. The average Bonchev–Trinajstić information content (AvgIpc) is 2.69. The lowest BCUT2D eigenvalue weighted by molar-refractivity contribution is 0.344. The second-order valence-electron chi connectivity index (χ2n) is 7.53. The fourth-order valence-electron chi connectivity index (χ4n) is 4.26. The first kappa shape index (κ1) is 20.4. The fourth-order valence-corrected chi connectivity index (χ4v) is 4.95. The second kappa shape index (κ2) is 7.74. The molecule has 0 aliphatic heterocycles. The third kappa shape index (κ3) is 3.55. The van der Waals surface area contributed by atoms with Crippen molar-refractivity contribution in [3.8, 4) is 5.75 Å². The summed E-state index contributed by atoms with van der Waals surface area (Å²) in [5.74, 6) is 0.872. The van der Waals surface area contributed by atoms with Crippen molar-refractivity contribution in [3.05, 3.63) is 82.9 Å². The van der Waals surface area contributed by atoms with Gasteiger partial charge in [-0.1, -0.05) is 48.5 Å². The molecular weight excluding hydrogens is 396 g/mol. The monoisotopic (exact) mass is 420 g/mol. The van der Waals surface area contributed by atoms with Gasteiger partial charge in [-0.3, -0.25) is 4.55 Å². The SMILES string of the molecule is CCOc1ccc(Cc2cccc3c(S(=O)(=O)O)ccc(C)c23)c2cccc(C)c12. The van der Waals surface area contributed by atoms with Crippen molar-refractivity contribution in [3.63, 3.8) is 0 Å². The molecule has 0 atom stereocenters. The molecule has 0 aromatic heterocycles. The molecule has 0 fully saturated rings. The molecule has 0 saturated carbocycles. The number of benzene rings is 4. The van der Waals surface area contributed by atoms with Gasteiger partial charge in [0.15, 0.2) is 0 Å². The van der Waals surface area contributed by atoms with Gasteiger partial charge in [0.2, 0.25) is 0 Å². The molecule has 0 radical (unpaired) electrons. The van der Waals surface area contributed by atoms with E-state index in [9.17, 15) is 13.0 Å². The van der Waals surface area contributed by atoms with Gasteiger partial charge in [-0.25, -0.2) is 0 Å². The number of fused-ring (bicyclic) bond motifs is 2. The van der Waals surface area contributed by atoms with Crippen LogP contribution < -0.4 is 4.74 Å². The van der Waals surface area contributed by atoms with Gasteiger partial charge >= 0.3 is 0 Å². The highest BCUT2D eigenvalue weighted by atomic mass is 32.2. The summed E-state index contributed by atoms with van der Waals surface area (Å²) in [6.45, 7) is 6.61. The Morgan fingerprint density at radius 2 is 1.50 bits per heavy atom. The van der Waals surface area contributed by atoms with Crippen molar-refractivity contribution >= 4 is 31.7 Å². The van der Waals surface area contributed by atoms with Crippen LogP contribution in [-0.4, -0.2) is 19.6 Å². The summed E-state index contributed by atoms with van der Waals surface area (Å²) in [4.78, 5) is -0.0580. The molecule has 0 aliphatic rings. The summed E-state index contributed by atoms with van der Waals surface area (Å²) in [6, 6.07) is 19.1. The highest BCUT2D eigenvalue weighted by Crippen LogP contribution is 2.35. The minimum absolute atomic E-state index is 0.0580. The topological polar surface area (TPSA) is 63.6 Å². The molecule has 0 saturated heterocycles. The summed E-state index contributed by atoms with van der Waals surface area (Å²) >= 11 is 0. The summed E-state index contributed by atoms with van der Waals surface area (Å²) in [6.07, 6.45) is 0.638. The van der Waals surface area contributed by atoms with E-state index in [1.165, 1.54) is 6.07 Å². The average molecular weight is 421 g/mol. The minimum atomic E-state index is -4.30. The molecule has 1 N–H and O–H groups in total. The standard InChI is InChI=1S/C25H24O4S/c1-4-29-22-13-12-18(20-9-5-7-16(2)25(20)22)15-19-8-6-10-21-23(30(26,27)28)14-11-17(3)24(19)21/h5-14H,4,15H2,1-3H3,(H,26,27,28). The zero-order chi connectivity index (χ0) is 21.5. The van der Waals surface area contributed by atoms with E-state index < -0.39 is 10.1 Å². The molecule has 0 heterocycles. The molecular formula is C25H24O4S. The maximum absolute atomic E-state index is 11.9. The molecule has 4 aromatic carbocycles. The molecule has 0 unspecified atom stereocenters. The first-order valence-electron chi connectivity index (χ1n) is 9.94. The highest BCUT2D eigenvalue weighted by Gasteiger charge is 2.17. The molecule has 5 heteroatoms. The zero-order valence-electron chi connectivity index (χ0n) is 17.3. The second-order valence-corrected chi connectivity index (χ2v) is 8.92. The van der Waals surface area contributed by atoms with E-state index in [0.717, 1.165) is 44.2 Å². The van der Waals surface area contributed by atoms with E-state index in [-0.39, 0.29) is 4.90 Å². The Labute approximate surface area is 176 Å². The smallest absolute Gasteiger partial charge is 0.295 e. The Morgan fingerprint density at radius 1 is 0.800 bits per heavy atom. The van der Waals surface area contributed by atoms with Crippen molar-refractivity contribution in [2.24, 2.45) is 0 Å². The Hall–Kier alpha value is -2.89. The van der Waals surface area contributed by atoms with Gasteiger partial charge in [-0.15, -0.1) is 0 Å². The van der Waals surface area contributed by atoms with Gasteiger partial charge in [0.1, 0.15) is 10.6 Å². The molecule has 0 bridgehead atoms. The van der Waals surface area contributed by atoms with Crippen molar-refractivity contribution in [1.82, 2.24) is 0 Å². The number of ether oxygens (including phenoxy) is 1. The van der Waals surface area contributed by atoms with E-state index in [1.807, 2.05) is 38.1 Å². The van der Waals surface area contributed by atoms with Crippen LogP contribution in [0.1, 0.15) is 29.2 Å². The first-order chi connectivity index (χ1) is 14.3. The van der Waals surface area contributed by atoms with Crippen molar-refractivity contribution in [2.75, 3.05) is 6.61 Å². The van der Waals surface area contributed by atoms with Crippen molar-refractivity contribution < 1.29 is 17.7 Å². The summed E-state index contributed by atoms with van der Waals surface area (Å²) in [7, 11) is -4.30. The van der Waals surface area contributed by atoms with Crippen molar-refractivity contribution in [2.45, 2.75) is 32.1 Å². The number of hydrogen-bond donors (Lipinski definition) is 1. The molecule has 154 valence electrons. The van der Waals surface area contributed by atoms with Gasteiger partial charge in [-0.05, 0) is 72.4 Å². The van der Waals surface area contributed by atoms with Crippen LogP contribution in [0, 0.1) is 13.8 Å². The Morgan fingerprint density at radius 3 is 2.23 bits per heavy atom. The lowest BCUT2D eigenvalue weighted by atomic mass is 9.92. The van der Waals surface area contributed by atoms with E-state index >= 15 is 0 Å². The Balaban J connectivity index is 1.94. The Bertz CT molecular complexity index is 1370. The normalized spacial score (nSPS) is 11.9. The molecule has 4 aromatic rings. The largest absolute Gasteiger partial charge is 0.493 e. The van der Waals surface area contributed by atoms with Crippen LogP contribution in [0.5, 0.6) is 5.75 Å². The summed E-state index contributed by atoms with van der Waals surface area (Å²) in [5.41, 5.74) is 4.28. The van der Waals surface area contributed by atoms with Gasteiger partial charge in [0, 0.05) is 10.8 Å². The minimum Gasteiger partial charge on any atom is -0.493 e. The van der Waals surface area contributed by atoms with Gasteiger partial charge < -0.3 is 4.74 Å². The van der Waals surface area contributed by atoms with Crippen LogP contribution >= 0.6 is 0 Å². The van der Waals surface area contributed by atoms with Crippen LogP contribution in [0.2, 0.25) is 0 Å². The molecule has 0 amide bonds. The predicted octanol–water partition coefficient (Wildman–Crippen LogP) is 5.85. The molecule has 0 spiro atoms. The van der Waals surface area contributed by atoms with Crippen LogP contribution in [0.25, 0.3) is 21.5 Å². The molecule has 4 rings (SSSR count). The zero-order valence-corrected chi connectivity index (χ0v) is 18.1. The third-order valence-electron chi connectivity index (χ3n) is 5.55. The lowest BCUT2D eigenvalue weighted by Gasteiger charge is -2.16. The van der Waals surface area contributed by atoms with E-state index in [0.29, 0.717) is 18.4 Å².